The molecule has 1 saturated heterocycles. The minimum absolute atomic E-state index is 0.00831. The second kappa shape index (κ2) is 4.72. The standard InChI is InChI=1S/C14H19NO4/c1-14(2,3)11-5-4-6-15(11)12(16)10-7-9(8-19-10)13(17)18/h7-8,11H,4-6H2,1-3H3,(H,17,18). The van der Waals surface area contributed by atoms with Gasteiger partial charge in [-0.05, 0) is 18.3 Å². The highest BCUT2D eigenvalue weighted by Gasteiger charge is 2.38. The van der Waals surface area contributed by atoms with Crippen LogP contribution in [-0.2, 0) is 0 Å². The molecule has 1 fully saturated rings. The first-order valence-corrected chi connectivity index (χ1v) is 6.43. The predicted octanol–water partition coefficient (Wildman–Crippen LogP) is 2.63. The quantitative estimate of drug-likeness (QED) is 0.892. The van der Waals surface area contributed by atoms with Gasteiger partial charge in [-0.1, -0.05) is 20.8 Å². The molecule has 2 heterocycles. The van der Waals surface area contributed by atoms with E-state index in [1.54, 1.807) is 4.90 Å². The molecular weight excluding hydrogens is 246 g/mol. The van der Waals surface area contributed by atoms with E-state index in [0.29, 0.717) is 6.54 Å². The molecule has 104 valence electrons. The zero-order valence-corrected chi connectivity index (χ0v) is 11.5. The van der Waals surface area contributed by atoms with Crippen LogP contribution in [0.25, 0.3) is 0 Å². The van der Waals surface area contributed by atoms with Crippen molar-refractivity contribution in [2.75, 3.05) is 6.54 Å². The Bertz CT molecular complexity index is 498. The maximum Gasteiger partial charge on any atom is 0.338 e. The molecule has 0 aromatic carbocycles. The molecule has 1 unspecified atom stereocenters. The number of furan rings is 1. The number of rotatable bonds is 2. The smallest absolute Gasteiger partial charge is 0.338 e. The third-order valence-electron chi connectivity index (χ3n) is 3.57. The third-order valence-corrected chi connectivity index (χ3v) is 3.57. The fourth-order valence-corrected chi connectivity index (χ4v) is 2.61. The zero-order valence-electron chi connectivity index (χ0n) is 11.5. The van der Waals surface area contributed by atoms with E-state index in [-0.39, 0.29) is 28.7 Å². The third kappa shape index (κ3) is 2.64. The Morgan fingerprint density at radius 2 is 2.11 bits per heavy atom. The minimum Gasteiger partial charge on any atom is -0.478 e. The topological polar surface area (TPSA) is 70.8 Å². The van der Waals surface area contributed by atoms with Crippen molar-refractivity contribution in [3.05, 3.63) is 23.7 Å². The summed E-state index contributed by atoms with van der Waals surface area (Å²) in [4.78, 5) is 25.0. The number of hydrogen-bond donors (Lipinski definition) is 1. The van der Waals surface area contributed by atoms with Crippen LogP contribution in [0, 0.1) is 5.41 Å². The molecule has 1 atom stereocenters. The zero-order chi connectivity index (χ0) is 14.2. The molecule has 0 spiro atoms. The van der Waals surface area contributed by atoms with Crippen LogP contribution in [0.4, 0.5) is 0 Å². The first-order chi connectivity index (χ1) is 8.80. The SMILES string of the molecule is CC(C)(C)C1CCCN1C(=O)c1cc(C(=O)O)co1. The largest absolute Gasteiger partial charge is 0.478 e. The average molecular weight is 265 g/mol. The molecule has 1 aliphatic heterocycles. The fourth-order valence-electron chi connectivity index (χ4n) is 2.61. The van der Waals surface area contributed by atoms with E-state index < -0.39 is 5.97 Å². The summed E-state index contributed by atoms with van der Waals surface area (Å²) in [7, 11) is 0. The number of carboxylic acid groups (broad SMARTS) is 1. The number of likely N-dealkylation sites (tertiary alicyclic amines) is 1. The summed E-state index contributed by atoms with van der Waals surface area (Å²) >= 11 is 0. The molecule has 0 saturated carbocycles. The van der Waals surface area contributed by atoms with Crippen molar-refractivity contribution in [1.82, 2.24) is 4.90 Å². The summed E-state index contributed by atoms with van der Waals surface area (Å²) in [6.45, 7) is 7.01. The lowest BCUT2D eigenvalue weighted by molar-refractivity contribution is 0.0594. The lowest BCUT2D eigenvalue weighted by atomic mass is 9.85. The highest BCUT2D eigenvalue weighted by atomic mass is 16.4. The molecule has 1 N–H and O–H groups in total. The van der Waals surface area contributed by atoms with Crippen molar-refractivity contribution >= 4 is 11.9 Å². The first kappa shape index (κ1) is 13.6. The molecule has 5 nitrogen and oxygen atoms in total. The second-order valence-corrected chi connectivity index (χ2v) is 6.03. The highest BCUT2D eigenvalue weighted by Crippen LogP contribution is 2.33. The Morgan fingerprint density at radius 3 is 2.63 bits per heavy atom. The van der Waals surface area contributed by atoms with Gasteiger partial charge in [-0.25, -0.2) is 4.79 Å². The van der Waals surface area contributed by atoms with Gasteiger partial charge in [-0.15, -0.1) is 0 Å². The van der Waals surface area contributed by atoms with Crippen molar-refractivity contribution < 1.29 is 19.1 Å². The van der Waals surface area contributed by atoms with E-state index in [9.17, 15) is 9.59 Å². The molecule has 1 aromatic heterocycles. The number of hydrogen-bond acceptors (Lipinski definition) is 3. The summed E-state index contributed by atoms with van der Waals surface area (Å²) in [5.74, 6) is -1.20. The highest BCUT2D eigenvalue weighted by molar-refractivity contribution is 5.95. The van der Waals surface area contributed by atoms with Crippen LogP contribution in [0.1, 0.15) is 54.5 Å². The molecule has 1 aromatic rings. The average Bonchev–Trinajstić information content (AvgIpc) is 2.96. The van der Waals surface area contributed by atoms with Crippen LogP contribution in [0.3, 0.4) is 0 Å². The normalized spacial score (nSPS) is 19.7. The summed E-state index contributed by atoms with van der Waals surface area (Å²) < 4.78 is 5.09. The van der Waals surface area contributed by atoms with E-state index in [4.69, 9.17) is 9.52 Å². The Hall–Kier alpha value is -1.78. The molecule has 19 heavy (non-hydrogen) atoms. The number of carbonyl (C=O) groups excluding carboxylic acids is 1. The van der Waals surface area contributed by atoms with Gasteiger partial charge in [0.1, 0.15) is 6.26 Å². The van der Waals surface area contributed by atoms with Gasteiger partial charge in [-0.3, -0.25) is 4.79 Å². The van der Waals surface area contributed by atoms with Gasteiger partial charge in [0, 0.05) is 18.7 Å². The summed E-state index contributed by atoms with van der Waals surface area (Å²) in [6, 6.07) is 1.46. The molecule has 0 bridgehead atoms. The molecule has 2 rings (SSSR count). The van der Waals surface area contributed by atoms with Crippen molar-refractivity contribution in [1.29, 1.82) is 0 Å². The monoisotopic (exact) mass is 265 g/mol. The minimum atomic E-state index is -1.09. The number of nitrogens with zero attached hydrogens (tertiary/aromatic N) is 1. The molecular formula is C14H19NO4. The van der Waals surface area contributed by atoms with Crippen LogP contribution in [-0.4, -0.2) is 34.5 Å². The van der Waals surface area contributed by atoms with E-state index in [2.05, 4.69) is 20.8 Å². The fraction of sp³-hybridized carbons (Fsp3) is 0.571. The van der Waals surface area contributed by atoms with Crippen LogP contribution >= 0.6 is 0 Å². The van der Waals surface area contributed by atoms with Crippen LogP contribution < -0.4 is 0 Å². The van der Waals surface area contributed by atoms with Crippen molar-refractivity contribution in [3.8, 4) is 0 Å². The van der Waals surface area contributed by atoms with E-state index in [1.165, 1.54) is 6.07 Å². The summed E-state index contributed by atoms with van der Waals surface area (Å²) in [6.07, 6.45) is 3.06. The van der Waals surface area contributed by atoms with Crippen LogP contribution in [0.5, 0.6) is 0 Å². The molecule has 5 heteroatoms. The Labute approximate surface area is 112 Å². The molecule has 1 amide bonds. The molecule has 0 aliphatic carbocycles. The number of amides is 1. The maximum absolute atomic E-state index is 12.4. The van der Waals surface area contributed by atoms with Gasteiger partial charge in [0.15, 0.2) is 5.76 Å². The van der Waals surface area contributed by atoms with E-state index >= 15 is 0 Å². The first-order valence-electron chi connectivity index (χ1n) is 6.43. The van der Waals surface area contributed by atoms with Crippen LogP contribution in [0.2, 0.25) is 0 Å². The van der Waals surface area contributed by atoms with Gasteiger partial charge in [-0.2, -0.15) is 0 Å². The van der Waals surface area contributed by atoms with Crippen molar-refractivity contribution in [3.63, 3.8) is 0 Å². The Balaban J connectivity index is 2.21. The Kier molecular flexibility index (Phi) is 3.39. The van der Waals surface area contributed by atoms with Gasteiger partial charge < -0.3 is 14.4 Å². The lowest BCUT2D eigenvalue weighted by Gasteiger charge is -2.34. The second-order valence-electron chi connectivity index (χ2n) is 6.03. The van der Waals surface area contributed by atoms with E-state index in [1.807, 2.05) is 0 Å². The summed E-state index contributed by atoms with van der Waals surface area (Å²) in [5.41, 5.74) is 0.0174. The number of carboxylic acids is 1. The predicted molar refractivity (Wildman–Crippen MR) is 69.2 cm³/mol. The van der Waals surface area contributed by atoms with Crippen molar-refractivity contribution in [2.45, 2.75) is 39.7 Å². The van der Waals surface area contributed by atoms with Gasteiger partial charge in [0.05, 0.1) is 5.56 Å². The maximum atomic E-state index is 12.4. The van der Waals surface area contributed by atoms with Crippen molar-refractivity contribution in [2.24, 2.45) is 5.41 Å². The van der Waals surface area contributed by atoms with Crippen LogP contribution in [0.15, 0.2) is 16.7 Å². The molecule has 0 radical (unpaired) electrons. The number of aromatic carboxylic acids is 1. The van der Waals surface area contributed by atoms with Gasteiger partial charge >= 0.3 is 5.97 Å². The summed E-state index contributed by atoms with van der Waals surface area (Å²) in [5, 5.41) is 8.84. The molecule has 1 aliphatic rings. The lowest BCUT2D eigenvalue weighted by Crippen LogP contribution is -2.42. The number of carbonyl (C=O) groups is 2. The van der Waals surface area contributed by atoms with E-state index in [0.717, 1.165) is 19.1 Å². The van der Waals surface area contributed by atoms with Gasteiger partial charge in [0.25, 0.3) is 5.91 Å². The Morgan fingerprint density at radius 1 is 1.42 bits per heavy atom. The van der Waals surface area contributed by atoms with Gasteiger partial charge in [0.2, 0.25) is 0 Å².